The fourth-order valence-corrected chi connectivity index (χ4v) is 1.61. The van der Waals surface area contributed by atoms with Gasteiger partial charge in [0.15, 0.2) is 0 Å². The van der Waals surface area contributed by atoms with Gasteiger partial charge in [-0.1, -0.05) is 6.92 Å². The molecule has 0 aromatic rings. The van der Waals surface area contributed by atoms with Crippen molar-refractivity contribution in [1.29, 1.82) is 0 Å². The lowest BCUT2D eigenvalue weighted by molar-refractivity contribution is 0.155. The van der Waals surface area contributed by atoms with E-state index in [1.807, 2.05) is 0 Å². The molecule has 1 N–H and O–H groups in total. The van der Waals surface area contributed by atoms with Gasteiger partial charge in [0.2, 0.25) is 0 Å². The molecule has 1 heterocycles. The first kappa shape index (κ1) is 11.0. The average molecular weight is 187 g/mol. The van der Waals surface area contributed by atoms with E-state index in [-0.39, 0.29) is 1.43 Å². The van der Waals surface area contributed by atoms with E-state index in [1.165, 1.54) is 39.1 Å². The summed E-state index contributed by atoms with van der Waals surface area (Å²) in [5.74, 6) is 0. The Balaban J connectivity index is 0.00000169. The Morgan fingerprint density at radius 2 is 1.85 bits per heavy atom. The van der Waals surface area contributed by atoms with Gasteiger partial charge in [0, 0.05) is 40.7 Å². The molecular formula is C10H25N3. The Bertz CT molecular complexity index is 125. The molecule has 0 bridgehead atoms. The Hall–Kier alpha value is -0.120. The van der Waals surface area contributed by atoms with Crippen LogP contribution in [0.2, 0.25) is 0 Å². The smallest absolute Gasteiger partial charge is 0.0110 e. The molecule has 1 saturated heterocycles. The van der Waals surface area contributed by atoms with Gasteiger partial charge in [-0.2, -0.15) is 0 Å². The van der Waals surface area contributed by atoms with E-state index in [9.17, 15) is 0 Å². The summed E-state index contributed by atoms with van der Waals surface area (Å²) in [6.07, 6.45) is 1.24. The van der Waals surface area contributed by atoms with Crippen molar-refractivity contribution in [2.75, 3.05) is 52.9 Å². The second-order valence-electron chi connectivity index (χ2n) is 3.89. The summed E-state index contributed by atoms with van der Waals surface area (Å²) < 4.78 is 0. The molecule has 1 aliphatic heterocycles. The minimum atomic E-state index is 0. The van der Waals surface area contributed by atoms with Gasteiger partial charge in [0.1, 0.15) is 0 Å². The molecular weight excluding hydrogens is 162 g/mol. The molecule has 3 nitrogen and oxygen atoms in total. The normalized spacial score (nSPS) is 20.8. The predicted octanol–water partition coefficient (Wildman–Crippen LogP) is 0.479. The van der Waals surface area contributed by atoms with E-state index in [2.05, 4.69) is 29.1 Å². The molecule has 1 fully saturated rings. The quantitative estimate of drug-likeness (QED) is 0.632. The van der Waals surface area contributed by atoms with E-state index in [1.54, 1.807) is 0 Å². The van der Waals surface area contributed by atoms with Crippen LogP contribution in [0.5, 0.6) is 0 Å². The van der Waals surface area contributed by atoms with Gasteiger partial charge < -0.3 is 10.2 Å². The van der Waals surface area contributed by atoms with Crippen molar-refractivity contribution in [1.82, 2.24) is 15.1 Å². The van der Waals surface area contributed by atoms with Crippen molar-refractivity contribution in [3.63, 3.8) is 0 Å². The van der Waals surface area contributed by atoms with Crippen LogP contribution in [0.15, 0.2) is 0 Å². The Kier molecular flexibility index (Phi) is 5.35. The number of nitrogens with one attached hydrogen (secondary N) is 1. The summed E-state index contributed by atoms with van der Waals surface area (Å²) >= 11 is 0. The highest BCUT2D eigenvalue weighted by molar-refractivity contribution is 4.69. The minimum absolute atomic E-state index is 0. The highest BCUT2D eigenvalue weighted by Crippen LogP contribution is 1.97. The first-order valence-corrected chi connectivity index (χ1v) is 5.44. The van der Waals surface area contributed by atoms with Crippen LogP contribution in [-0.2, 0) is 0 Å². The predicted molar refractivity (Wildman–Crippen MR) is 59.2 cm³/mol. The average Bonchev–Trinajstić information content (AvgIpc) is 2.15. The van der Waals surface area contributed by atoms with Gasteiger partial charge in [0.05, 0.1) is 0 Å². The molecule has 0 aromatic heterocycles. The maximum Gasteiger partial charge on any atom is 0.0110 e. The number of hydrogen-bond acceptors (Lipinski definition) is 3. The third kappa shape index (κ3) is 4.60. The zero-order valence-electron chi connectivity index (χ0n) is 9.05. The van der Waals surface area contributed by atoms with Crippen molar-refractivity contribution in [2.24, 2.45) is 0 Å². The van der Waals surface area contributed by atoms with Crippen molar-refractivity contribution in [3.05, 3.63) is 0 Å². The highest BCUT2D eigenvalue weighted by atomic mass is 15.2. The number of likely N-dealkylation sites (N-methyl/N-ethyl adjacent to an activating group) is 1. The summed E-state index contributed by atoms with van der Waals surface area (Å²) in [4.78, 5) is 4.94. The van der Waals surface area contributed by atoms with Crippen molar-refractivity contribution < 1.29 is 1.43 Å². The lowest BCUT2D eigenvalue weighted by atomic mass is 10.3. The minimum Gasteiger partial charge on any atom is -0.315 e. The number of hydrogen-bond donors (Lipinski definition) is 1. The first-order valence-electron chi connectivity index (χ1n) is 5.44. The molecule has 0 amide bonds. The van der Waals surface area contributed by atoms with E-state index < -0.39 is 0 Å². The number of piperazine rings is 1. The van der Waals surface area contributed by atoms with Gasteiger partial charge in [0.25, 0.3) is 0 Å². The van der Waals surface area contributed by atoms with Crippen LogP contribution in [0.1, 0.15) is 14.8 Å². The molecule has 13 heavy (non-hydrogen) atoms. The van der Waals surface area contributed by atoms with E-state index in [4.69, 9.17) is 0 Å². The molecule has 0 aromatic carbocycles. The van der Waals surface area contributed by atoms with E-state index in [0.717, 1.165) is 13.1 Å². The highest BCUT2D eigenvalue weighted by Gasteiger charge is 2.12. The summed E-state index contributed by atoms with van der Waals surface area (Å²) in [6.45, 7) is 10.7. The maximum absolute atomic E-state index is 3.44. The lowest BCUT2D eigenvalue weighted by Crippen LogP contribution is -2.46. The monoisotopic (exact) mass is 187 g/mol. The van der Waals surface area contributed by atoms with Crippen LogP contribution < -0.4 is 5.32 Å². The molecule has 1 aliphatic rings. The molecule has 1 rings (SSSR count). The summed E-state index contributed by atoms with van der Waals surface area (Å²) in [6, 6.07) is 0. The topological polar surface area (TPSA) is 18.5 Å². The summed E-state index contributed by atoms with van der Waals surface area (Å²) in [5, 5.41) is 3.44. The van der Waals surface area contributed by atoms with Gasteiger partial charge in [-0.3, -0.25) is 4.90 Å². The molecule has 0 saturated carbocycles. The van der Waals surface area contributed by atoms with Crippen molar-refractivity contribution in [2.45, 2.75) is 13.3 Å². The standard InChI is InChI=1S/C10H23N3.H2/c1-3-4-11-5-6-13-9-7-12(2)8-10-13;/h11H,3-10H2,1-2H3;1H. The molecule has 3 heteroatoms. The largest absolute Gasteiger partial charge is 0.315 e. The van der Waals surface area contributed by atoms with Gasteiger partial charge >= 0.3 is 0 Å². The summed E-state index contributed by atoms with van der Waals surface area (Å²) in [7, 11) is 2.20. The third-order valence-corrected chi connectivity index (χ3v) is 2.63. The summed E-state index contributed by atoms with van der Waals surface area (Å²) in [5.41, 5.74) is 0. The van der Waals surface area contributed by atoms with Crippen LogP contribution >= 0.6 is 0 Å². The van der Waals surface area contributed by atoms with E-state index >= 15 is 0 Å². The SMILES string of the molecule is CCCNCCN1CCN(C)CC1.[HH]. The number of rotatable bonds is 5. The molecule has 0 atom stereocenters. The van der Waals surface area contributed by atoms with Gasteiger partial charge in [-0.25, -0.2) is 0 Å². The van der Waals surface area contributed by atoms with Crippen LogP contribution in [0.4, 0.5) is 0 Å². The lowest BCUT2D eigenvalue weighted by Gasteiger charge is -2.32. The van der Waals surface area contributed by atoms with Crippen LogP contribution in [-0.4, -0.2) is 62.7 Å². The molecule has 0 unspecified atom stereocenters. The van der Waals surface area contributed by atoms with Crippen molar-refractivity contribution >= 4 is 0 Å². The Morgan fingerprint density at radius 1 is 1.15 bits per heavy atom. The Labute approximate surface area is 83.6 Å². The Morgan fingerprint density at radius 3 is 2.46 bits per heavy atom. The van der Waals surface area contributed by atoms with Crippen LogP contribution in [0.25, 0.3) is 0 Å². The van der Waals surface area contributed by atoms with Gasteiger partial charge in [-0.05, 0) is 20.0 Å². The van der Waals surface area contributed by atoms with E-state index in [0.29, 0.717) is 0 Å². The van der Waals surface area contributed by atoms with Crippen molar-refractivity contribution in [3.8, 4) is 0 Å². The molecule has 80 valence electrons. The second kappa shape index (κ2) is 6.35. The second-order valence-corrected chi connectivity index (χ2v) is 3.89. The maximum atomic E-state index is 3.44. The number of nitrogens with zero attached hydrogens (tertiary/aromatic N) is 2. The van der Waals surface area contributed by atoms with Crippen LogP contribution in [0.3, 0.4) is 0 Å². The third-order valence-electron chi connectivity index (χ3n) is 2.63. The zero-order valence-corrected chi connectivity index (χ0v) is 9.05. The van der Waals surface area contributed by atoms with Crippen LogP contribution in [0, 0.1) is 0 Å². The molecule has 0 aliphatic carbocycles. The first-order chi connectivity index (χ1) is 6.33. The van der Waals surface area contributed by atoms with Gasteiger partial charge in [-0.15, -0.1) is 0 Å². The zero-order chi connectivity index (χ0) is 9.52. The fourth-order valence-electron chi connectivity index (χ4n) is 1.61. The molecule has 0 spiro atoms. The fraction of sp³-hybridized carbons (Fsp3) is 1.00. The molecule has 0 radical (unpaired) electrons.